The lowest BCUT2D eigenvalue weighted by atomic mass is 9.82. The van der Waals surface area contributed by atoms with Gasteiger partial charge in [-0.05, 0) is 102 Å². The Bertz CT molecular complexity index is 3420. The molecule has 11 aromatic rings. The Labute approximate surface area is 311 Å². The van der Waals surface area contributed by atoms with E-state index in [4.69, 9.17) is 9.97 Å². The summed E-state index contributed by atoms with van der Waals surface area (Å²) in [6.45, 7) is 4.71. The van der Waals surface area contributed by atoms with Crippen molar-refractivity contribution in [3.63, 3.8) is 0 Å². The van der Waals surface area contributed by atoms with Crippen molar-refractivity contribution >= 4 is 75.8 Å². The van der Waals surface area contributed by atoms with Crippen molar-refractivity contribution in [2.75, 3.05) is 0 Å². The molecule has 2 heterocycles. The minimum atomic E-state index is -0.154. The van der Waals surface area contributed by atoms with Gasteiger partial charge in [-0.25, -0.2) is 9.97 Å². The van der Waals surface area contributed by atoms with Gasteiger partial charge in [0.2, 0.25) is 5.95 Å². The van der Waals surface area contributed by atoms with Gasteiger partial charge in [0.1, 0.15) is 0 Å². The molecule has 0 saturated carbocycles. The zero-order valence-electron chi connectivity index (χ0n) is 29.9. The van der Waals surface area contributed by atoms with Crippen molar-refractivity contribution in [2.45, 2.75) is 19.3 Å². The molecule has 252 valence electrons. The van der Waals surface area contributed by atoms with Crippen molar-refractivity contribution in [1.29, 1.82) is 0 Å². The Hall–Kier alpha value is -6.84. The molecule has 1 aliphatic rings. The first-order valence-electron chi connectivity index (χ1n) is 18.7. The fraction of sp³-hybridized carbons (Fsp3) is 0.0588. The minimum Gasteiger partial charge on any atom is -0.278 e. The van der Waals surface area contributed by atoms with Gasteiger partial charge in [0, 0.05) is 27.1 Å². The molecule has 54 heavy (non-hydrogen) atoms. The Morgan fingerprint density at radius 3 is 1.78 bits per heavy atom. The minimum absolute atomic E-state index is 0.154. The van der Waals surface area contributed by atoms with Gasteiger partial charge in [0.15, 0.2) is 0 Å². The molecule has 9 aromatic carbocycles. The average Bonchev–Trinajstić information content (AvgIpc) is 3.65. The van der Waals surface area contributed by atoms with Gasteiger partial charge in [-0.2, -0.15) is 0 Å². The Kier molecular flexibility index (Phi) is 5.84. The SMILES string of the molecule is CC1(C)c2ccccc2-c2cc3c4cc5c6ccccc6c6ccccc6c5cc4n(-c4nc(-c5ccc6ccccc6c5)c5ccccc5n4)c3cc21. The number of nitrogens with zero attached hydrogens (tertiary/aromatic N) is 3. The van der Waals surface area contributed by atoms with Crippen LogP contribution in [-0.2, 0) is 5.41 Å². The van der Waals surface area contributed by atoms with E-state index < -0.39 is 0 Å². The third-order valence-electron chi connectivity index (χ3n) is 12.1. The summed E-state index contributed by atoms with van der Waals surface area (Å²) in [6, 6.07) is 59.9. The fourth-order valence-corrected chi connectivity index (χ4v) is 9.54. The van der Waals surface area contributed by atoms with E-state index in [0.29, 0.717) is 5.95 Å². The predicted octanol–water partition coefficient (Wildman–Crippen LogP) is 13.3. The number of benzene rings is 9. The van der Waals surface area contributed by atoms with Crippen LogP contribution in [-0.4, -0.2) is 14.5 Å². The van der Waals surface area contributed by atoms with Gasteiger partial charge in [0.05, 0.1) is 22.2 Å². The van der Waals surface area contributed by atoms with E-state index in [1.807, 2.05) is 0 Å². The van der Waals surface area contributed by atoms with E-state index in [1.54, 1.807) is 0 Å². The smallest absolute Gasteiger partial charge is 0.235 e. The first-order chi connectivity index (χ1) is 26.5. The third kappa shape index (κ3) is 3.96. The van der Waals surface area contributed by atoms with E-state index in [2.05, 4.69) is 182 Å². The lowest BCUT2D eigenvalue weighted by Crippen LogP contribution is -2.15. The summed E-state index contributed by atoms with van der Waals surface area (Å²) in [5, 5.41) is 13.4. The van der Waals surface area contributed by atoms with Crippen LogP contribution in [0.25, 0.3) is 104 Å². The molecule has 3 heteroatoms. The van der Waals surface area contributed by atoms with Crippen LogP contribution >= 0.6 is 0 Å². The van der Waals surface area contributed by atoms with Gasteiger partial charge in [-0.3, -0.25) is 4.57 Å². The lowest BCUT2D eigenvalue weighted by molar-refractivity contribution is 0.661. The fourth-order valence-electron chi connectivity index (χ4n) is 9.54. The highest BCUT2D eigenvalue weighted by molar-refractivity contribution is 6.29. The molecular formula is C51H33N3. The summed E-state index contributed by atoms with van der Waals surface area (Å²) in [7, 11) is 0. The molecule has 0 aliphatic heterocycles. The molecule has 12 rings (SSSR count). The van der Waals surface area contributed by atoms with Crippen LogP contribution in [0.15, 0.2) is 164 Å². The normalized spacial score (nSPS) is 13.5. The predicted molar refractivity (Wildman–Crippen MR) is 227 cm³/mol. The van der Waals surface area contributed by atoms with Gasteiger partial charge < -0.3 is 0 Å². The summed E-state index contributed by atoms with van der Waals surface area (Å²) in [5.74, 6) is 0.676. The highest BCUT2D eigenvalue weighted by Crippen LogP contribution is 2.51. The molecule has 0 spiro atoms. The van der Waals surface area contributed by atoms with Crippen molar-refractivity contribution in [3.05, 3.63) is 175 Å². The van der Waals surface area contributed by atoms with Crippen LogP contribution in [0.2, 0.25) is 0 Å². The van der Waals surface area contributed by atoms with E-state index in [0.717, 1.165) is 33.2 Å². The maximum absolute atomic E-state index is 5.53. The first-order valence-corrected chi connectivity index (χ1v) is 18.7. The van der Waals surface area contributed by atoms with E-state index in [-0.39, 0.29) is 5.41 Å². The molecule has 0 amide bonds. The monoisotopic (exact) mass is 687 g/mol. The molecular weight excluding hydrogens is 655 g/mol. The van der Waals surface area contributed by atoms with Gasteiger partial charge >= 0.3 is 0 Å². The second kappa shape index (κ2) is 10.6. The zero-order chi connectivity index (χ0) is 35.7. The van der Waals surface area contributed by atoms with Crippen molar-refractivity contribution in [3.8, 4) is 28.3 Å². The Morgan fingerprint density at radius 1 is 0.407 bits per heavy atom. The second-order valence-electron chi connectivity index (χ2n) is 15.4. The summed E-state index contributed by atoms with van der Waals surface area (Å²) < 4.78 is 2.34. The number of rotatable bonds is 2. The number of para-hydroxylation sites is 1. The van der Waals surface area contributed by atoms with Gasteiger partial charge in [-0.15, -0.1) is 0 Å². The number of aromatic nitrogens is 3. The molecule has 1 aliphatic carbocycles. The first kappa shape index (κ1) is 29.7. The Morgan fingerprint density at radius 2 is 1.00 bits per heavy atom. The van der Waals surface area contributed by atoms with Crippen LogP contribution in [0, 0.1) is 0 Å². The maximum atomic E-state index is 5.53. The molecule has 0 bridgehead atoms. The van der Waals surface area contributed by atoms with E-state index in [9.17, 15) is 0 Å². The molecule has 0 atom stereocenters. The molecule has 0 radical (unpaired) electrons. The third-order valence-corrected chi connectivity index (χ3v) is 12.1. The van der Waals surface area contributed by atoms with E-state index >= 15 is 0 Å². The number of hydrogen-bond donors (Lipinski definition) is 0. The van der Waals surface area contributed by atoms with Crippen molar-refractivity contribution < 1.29 is 0 Å². The quantitative estimate of drug-likeness (QED) is 0.169. The standard InChI is InChI=1S/C51H33N3/c1-51(2)44-21-11-9-19-37(44)41-27-43-42-26-39-35-17-7-5-15-33(35)34-16-6-8-18-36(34)40(39)28-47(42)54(48(43)29-45(41)51)50-52-46-22-12-10-20-38(46)49(53-50)32-24-23-30-13-3-4-14-31(30)25-32/h3-29H,1-2H3. The topological polar surface area (TPSA) is 30.7 Å². The summed E-state index contributed by atoms with van der Waals surface area (Å²) in [6.07, 6.45) is 0. The largest absolute Gasteiger partial charge is 0.278 e. The summed E-state index contributed by atoms with van der Waals surface area (Å²) in [4.78, 5) is 10.9. The highest BCUT2D eigenvalue weighted by Gasteiger charge is 2.36. The van der Waals surface area contributed by atoms with Gasteiger partial charge in [-0.1, -0.05) is 141 Å². The summed E-state index contributed by atoms with van der Waals surface area (Å²) >= 11 is 0. The van der Waals surface area contributed by atoms with Crippen LogP contribution in [0.1, 0.15) is 25.0 Å². The van der Waals surface area contributed by atoms with Crippen LogP contribution in [0.5, 0.6) is 0 Å². The molecule has 0 N–H and O–H groups in total. The zero-order valence-corrected chi connectivity index (χ0v) is 29.9. The maximum Gasteiger partial charge on any atom is 0.235 e. The van der Waals surface area contributed by atoms with Crippen molar-refractivity contribution in [1.82, 2.24) is 14.5 Å². The summed E-state index contributed by atoms with van der Waals surface area (Å²) in [5.41, 5.74) is 10.3. The number of hydrogen-bond acceptors (Lipinski definition) is 2. The highest BCUT2D eigenvalue weighted by atomic mass is 15.2. The molecule has 0 unspecified atom stereocenters. The molecule has 0 fully saturated rings. The second-order valence-corrected chi connectivity index (χ2v) is 15.4. The Balaban J connectivity index is 1.25. The lowest BCUT2D eigenvalue weighted by Gasteiger charge is -2.21. The number of fused-ring (bicyclic) bond motifs is 14. The van der Waals surface area contributed by atoms with Crippen LogP contribution < -0.4 is 0 Å². The van der Waals surface area contributed by atoms with Gasteiger partial charge in [0.25, 0.3) is 0 Å². The molecule has 0 saturated heterocycles. The van der Waals surface area contributed by atoms with Crippen LogP contribution in [0.4, 0.5) is 0 Å². The van der Waals surface area contributed by atoms with Crippen molar-refractivity contribution in [2.24, 2.45) is 0 Å². The van der Waals surface area contributed by atoms with E-state index in [1.165, 1.54) is 76.1 Å². The molecule has 3 nitrogen and oxygen atoms in total. The molecule has 2 aromatic heterocycles. The average molecular weight is 688 g/mol. The van der Waals surface area contributed by atoms with Crippen LogP contribution in [0.3, 0.4) is 0 Å².